The summed E-state index contributed by atoms with van der Waals surface area (Å²) in [4.78, 5) is 22.8. The van der Waals surface area contributed by atoms with Gasteiger partial charge in [-0.15, -0.1) is 29.6 Å². The first-order valence-electron chi connectivity index (χ1n) is 10.1. The summed E-state index contributed by atoms with van der Waals surface area (Å²) in [7, 11) is 3.41. The summed E-state index contributed by atoms with van der Waals surface area (Å²) in [6, 6.07) is 12.9. The van der Waals surface area contributed by atoms with E-state index in [1.54, 1.807) is 30.2 Å². The average Bonchev–Trinajstić information content (AvgIpc) is 3.40. The van der Waals surface area contributed by atoms with Crippen LogP contribution in [-0.4, -0.2) is 51.0 Å². The molecule has 11 heteroatoms. The Morgan fingerprint density at radius 2 is 1.85 bits per heavy atom. The molecule has 0 saturated heterocycles. The average molecular weight is 488 g/mol. The Hall–Kier alpha value is -3.73. The molecular weight excluding hydrogens is 467 g/mol. The number of carbonyl (C=O) groups excluding carboxylic acids is 1. The molecule has 0 bridgehead atoms. The van der Waals surface area contributed by atoms with Gasteiger partial charge in [0.15, 0.2) is 5.01 Å². The third-order valence-corrected chi connectivity index (χ3v) is 5.69. The fourth-order valence-corrected chi connectivity index (χ4v) is 3.99. The maximum absolute atomic E-state index is 12.3. The number of ether oxygens (including phenoxy) is 1. The van der Waals surface area contributed by atoms with E-state index < -0.39 is 6.36 Å². The molecule has 0 fully saturated rings. The molecule has 4 aromatic rings. The van der Waals surface area contributed by atoms with Gasteiger partial charge >= 0.3 is 6.36 Å². The SMILES string of the molecule is Cc1nc(-c2nc(-c3ccc(OC(F)(F)F)cc3)cs2)nn1Cc1cccc(C(=O)N(C)C)c1. The minimum Gasteiger partial charge on any atom is -0.406 e. The lowest BCUT2D eigenvalue weighted by Gasteiger charge is -2.11. The van der Waals surface area contributed by atoms with E-state index in [0.717, 1.165) is 5.56 Å². The third-order valence-electron chi connectivity index (χ3n) is 4.85. The standard InChI is InChI=1S/C23H20F3N5O2S/c1-14-27-20(29-31(14)12-15-5-4-6-17(11-15)22(32)30(2)3)21-28-19(13-34-21)16-7-9-18(10-8-16)33-23(24,25)26/h4-11,13H,12H2,1-3H3. The summed E-state index contributed by atoms with van der Waals surface area (Å²) in [6.07, 6.45) is -4.74. The van der Waals surface area contributed by atoms with Gasteiger partial charge in [0.1, 0.15) is 11.6 Å². The van der Waals surface area contributed by atoms with Crippen LogP contribution in [0.4, 0.5) is 13.2 Å². The summed E-state index contributed by atoms with van der Waals surface area (Å²) in [5.41, 5.74) is 2.75. The fourth-order valence-electron chi connectivity index (χ4n) is 3.23. The van der Waals surface area contributed by atoms with Crippen LogP contribution >= 0.6 is 11.3 Å². The number of hydrogen-bond donors (Lipinski definition) is 0. The first-order chi connectivity index (χ1) is 16.1. The molecule has 0 spiro atoms. The van der Waals surface area contributed by atoms with E-state index in [2.05, 4.69) is 19.8 Å². The van der Waals surface area contributed by atoms with Gasteiger partial charge in [-0.05, 0) is 48.9 Å². The van der Waals surface area contributed by atoms with Gasteiger partial charge in [-0.3, -0.25) is 4.79 Å². The van der Waals surface area contributed by atoms with Crippen molar-refractivity contribution in [1.82, 2.24) is 24.6 Å². The van der Waals surface area contributed by atoms with E-state index in [0.29, 0.717) is 40.0 Å². The molecule has 34 heavy (non-hydrogen) atoms. The van der Waals surface area contributed by atoms with Crippen LogP contribution in [0.15, 0.2) is 53.9 Å². The van der Waals surface area contributed by atoms with Crippen LogP contribution in [0.1, 0.15) is 21.7 Å². The zero-order chi connectivity index (χ0) is 24.5. The molecule has 4 rings (SSSR count). The second-order valence-corrected chi connectivity index (χ2v) is 8.51. The molecule has 0 aliphatic heterocycles. The quantitative estimate of drug-likeness (QED) is 0.382. The summed E-state index contributed by atoms with van der Waals surface area (Å²) >= 11 is 1.34. The molecular formula is C23H20F3N5O2S. The van der Waals surface area contributed by atoms with Crippen molar-refractivity contribution < 1.29 is 22.7 Å². The number of benzene rings is 2. The number of aromatic nitrogens is 4. The fraction of sp³-hybridized carbons (Fsp3) is 0.217. The van der Waals surface area contributed by atoms with Crippen molar-refractivity contribution in [2.45, 2.75) is 19.8 Å². The van der Waals surface area contributed by atoms with Crippen molar-refractivity contribution in [2.75, 3.05) is 14.1 Å². The van der Waals surface area contributed by atoms with Crippen molar-refractivity contribution in [1.29, 1.82) is 0 Å². The van der Waals surface area contributed by atoms with Crippen LogP contribution in [0.5, 0.6) is 5.75 Å². The zero-order valence-corrected chi connectivity index (χ0v) is 19.3. The van der Waals surface area contributed by atoms with Gasteiger partial charge in [0.05, 0.1) is 12.2 Å². The lowest BCUT2D eigenvalue weighted by Crippen LogP contribution is -2.21. The van der Waals surface area contributed by atoms with Gasteiger partial charge in [-0.25, -0.2) is 14.6 Å². The zero-order valence-electron chi connectivity index (χ0n) is 18.5. The minimum atomic E-state index is -4.74. The molecule has 7 nitrogen and oxygen atoms in total. The highest BCUT2D eigenvalue weighted by molar-refractivity contribution is 7.13. The second-order valence-electron chi connectivity index (χ2n) is 7.65. The molecule has 176 valence electrons. The van der Waals surface area contributed by atoms with Crippen LogP contribution in [0.2, 0.25) is 0 Å². The smallest absolute Gasteiger partial charge is 0.406 e. The number of rotatable bonds is 6. The number of nitrogens with zero attached hydrogens (tertiary/aromatic N) is 5. The Balaban J connectivity index is 1.51. The normalized spacial score (nSPS) is 11.5. The van der Waals surface area contributed by atoms with E-state index in [4.69, 9.17) is 0 Å². The maximum atomic E-state index is 12.3. The molecule has 0 aliphatic rings. The van der Waals surface area contributed by atoms with E-state index >= 15 is 0 Å². The summed E-state index contributed by atoms with van der Waals surface area (Å²) in [5.74, 6) is 0.765. The number of aryl methyl sites for hydroxylation is 1. The Morgan fingerprint density at radius 3 is 2.53 bits per heavy atom. The van der Waals surface area contributed by atoms with Gasteiger partial charge in [-0.1, -0.05) is 12.1 Å². The molecule has 2 aromatic carbocycles. The Kier molecular flexibility index (Phi) is 6.38. The van der Waals surface area contributed by atoms with Gasteiger partial charge < -0.3 is 9.64 Å². The Morgan fingerprint density at radius 1 is 1.12 bits per heavy atom. The molecule has 0 N–H and O–H groups in total. The van der Waals surface area contributed by atoms with Gasteiger partial charge in [-0.2, -0.15) is 0 Å². The number of thiazole rings is 1. The molecule has 0 aliphatic carbocycles. The lowest BCUT2D eigenvalue weighted by atomic mass is 10.1. The predicted octanol–water partition coefficient (Wildman–Crippen LogP) is 5.03. The molecule has 0 saturated carbocycles. The number of alkyl halides is 3. The van der Waals surface area contributed by atoms with Crippen LogP contribution in [0, 0.1) is 6.92 Å². The molecule has 0 unspecified atom stereocenters. The number of halogens is 3. The number of hydrogen-bond acceptors (Lipinski definition) is 6. The molecule has 0 atom stereocenters. The predicted molar refractivity (Wildman–Crippen MR) is 122 cm³/mol. The highest BCUT2D eigenvalue weighted by atomic mass is 32.1. The number of amides is 1. The molecule has 1 amide bonds. The second kappa shape index (κ2) is 9.26. The summed E-state index contributed by atoms with van der Waals surface area (Å²) in [5, 5.41) is 6.94. The topological polar surface area (TPSA) is 73.1 Å². The van der Waals surface area contributed by atoms with Crippen molar-refractivity contribution >= 4 is 17.2 Å². The van der Waals surface area contributed by atoms with Crippen LogP contribution in [0.25, 0.3) is 22.1 Å². The van der Waals surface area contributed by atoms with Crippen molar-refractivity contribution in [3.63, 3.8) is 0 Å². The Labute approximate surface area is 197 Å². The van der Waals surface area contributed by atoms with E-state index in [1.165, 1.54) is 40.5 Å². The highest BCUT2D eigenvalue weighted by Crippen LogP contribution is 2.30. The number of carbonyl (C=O) groups is 1. The lowest BCUT2D eigenvalue weighted by molar-refractivity contribution is -0.274. The summed E-state index contributed by atoms with van der Waals surface area (Å²) < 4.78 is 42.7. The first kappa shape index (κ1) is 23.4. The van der Waals surface area contributed by atoms with Crippen LogP contribution < -0.4 is 4.74 Å². The third kappa shape index (κ3) is 5.42. The van der Waals surface area contributed by atoms with Crippen LogP contribution in [-0.2, 0) is 6.54 Å². The molecule has 0 radical (unpaired) electrons. The van der Waals surface area contributed by atoms with E-state index in [9.17, 15) is 18.0 Å². The van der Waals surface area contributed by atoms with E-state index in [-0.39, 0.29) is 11.7 Å². The van der Waals surface area contributed by atoms with Gasteiger partial charge in [0.25, 0.3) is 5.91 Å². The Bertz CT molecular complexity index is 1310. The van der Waals surface area contributed by atoms with Crippen molar-refractivity contribution in [3.05, 3.63) is 70.9 Å². The molecule has 2 heterocycles. The van der Waals surface area contributed by atoms with Crippen LogP contribution in [0.3, 0.4) is 0 Å². The molecule has 2 aromatic heterocycles. The summed E-state index contributed by atoms with van der Waals surface area (Å²) in [6.45, 7) is 2.27. The maximum Gasteiger partial charge on any atom is 0.573 e. The largest absolute Gasteiger partial charge is 0.573 e. The highest BCUT2D eigenvalue weighted by Gasteiger charge is 2.31. The van der Waals surface area contributed by atoms with E-state index in [1.807, 2.05) is 25.1 Å². The van der Waals surface area contributed by atoms with Crippen molar-refractivity contribution in [2.24, 2.45) is 0 Å². The first-order valence-corrected chi connectivity index (χ1v) is 11.0. The monoisotopic (exact) mass is 487 g/mol. The van der Waals surface area contributed by atoms with Gasteiger partial charge in [0.2, 0.25) is 5.82 Å². The van der Waals surface area contributed by atoms with Crippen molar-refractivity contribution in [3.8, 4) is 27.8 Å². The minimum absolute atomic E-state index is 0.0776. The van der Waals surface area contributed by atoms with Gasteiger partial charge in [0, 0.05) is 30.6 Å².